The van der Waals surface area contributed by atoms with E-state index in [1.807, 2.05) is 37.3 Å². The molecule has 1 aromatic carbocycles. The minimum absolute atomic E-state index is 0.120. The maximum absolute atomic E-state index is 12.4. The molecule has 1 amide bonds. The highest BCUT2D eigenvalue weighted by atomic mass is 16.2. The van der Waals surface area contributed by atoms with E-state index >= 15 is 0 Å². The largest absolute Gasteiger partial charge is 0.271 e. The average molecular weight is 268 g/mol. The zero-order valence-electron chi connectivity index (χ0n) is 10.8. The fourth-order valence-electron chi connectivity index (χ4n) is 1.90. The molecule has 0 aliphatic carbocycles. The summed E-state index contributed by atoms with van der Waals surface area (Å²) in [5.41, 5.74) is 1.45. The highest BCUT2D eigenvalue weighted by molar-refractivity contribution is 6.23. The smallest absolute Gasteiger partial charge is 0.261 e. The van der Waals surface area contributed by atoms with Crippen molar-refractivity contribution in [2.75, 3.05) is 5.01 Å². The van der Waals surface area contributed by atoms with Crippen LogP contribution in [0.1, 0.15) is 6.92 Å². The number of carbonyl (C=O) groups excluding carboxylic acids is 1. The van der Waals surface area contributed by atoms with Crippen molar-refractivity contribution in [2.24, 2.45) is 16.1 Å². The molecule has 2 heterocycles. The lowest BCUT2D eigenvalue weighted by molar-refractivity contribution is -0.118. The predicted octanol–water partition coefficient (Wildman–Crippen LogP) is 1.15. The Morgan fingerprint density at radius 3 is 2.60 bits per heavy atom. The summed E-state index contributed by atoms with van der Waals surface area (Å²) in [6.07, 6.45) is 4.46. The van der Waals surface area contributed by atoms with Gasteiger partial charge in [-0.1, -0.05) is 18.2 Å². The van der Waals surface area contributed by atoms with E-state index in [-0.39, 0.29) is 5.91 Å². The minimum atomic E-state index is -0.461. The van der Waals surface area contributed by atoms with Gasteiger partial charge in [0.25, 0.3) is 5.91 Å². The van der Waals surface area contributed by atoms with Crippen LogP contribution in [0.25, 0.3) is 0 Å². The van der Waals surface area contributed by atoms with Gasteiger partial charge in [-0.2, -0.15) is 15.2 Å². The lowest BCUT2D eigenvalue weighted by atomic mass is 10.1. The molecule has 1 atom stereocenters. The van der Waals surface area contributed by atoms with Crippen LogP contribution in [-0.4, -0.2) is 32.7 Å². The summed E-state index contributed by atoms with van der Waals surface area (Å²) >= 11 is 0. The van der Waals surface area contributed by atoms with Crippen LogP contribution < -0.4 is 5.01 Å². The fraction of sp³-hybridized carbons (Fsp3) is 0.154. The van der Waals surface area contributed by atoms with Gasteiger partial charge in [-0.3, -0.25) is 4.79 Å². The highest BCUT2D eigenvalue weighted by Gasteiger charge is 2.33. The van der Waals surface area contributed by atoms with Crippen LogP contribution in [0, 0.1) is 5.92 Å². The van der Waals surface area contributed by atoms with Crippen LogP contribution in [0.5, 0.6) is 0 Å². The quantitative estimate of drug-likeness (QED) is 0.783. The Bertz CT molecular complexity index is 661. The molecular formula is C13H12N6O. The van der Waals surface area contributed by atoms with Crippen LogP contribution in [0.15, 0.2) is 53.2 Å². The first kappa shape index (κ1) is 12.2. The zero-order chi connectivity index (χ0) is 13.9. The summed E-state index contributed by atoms with van der Waals surface area (Å²) in [4.78, 5) is 12.4. The Morgan fingerprint density at radius 1 is 1.20 bits per heavy atom. The third kappa shape index (κ3) is 2.20. The Labute approximate surface area is 115 Å². The van der Waals surface area contributed by atoms with Gasteiger partial charge in [0, 0.05) is 6.21 Å². The monoisotopic (exact) mass is 268 g/mol. The molecule has 1 aromatic heterocycles. The second kappa shape index (κ2) is 5.04. The van der Waals surface area contributed by atoms with Gasteiger partial charge in [-0.05, 0) is 19.1 Å². The molecule has 7 heteroatoms. The molecule has 0 saturated carbocycles. The van der Waals surface area contributed by atoms with Crippen molar-refractivity contribution < 1.29 is 4.79 Å². The Kier molecular flexibility index (Phi) is 3.08. The third-order valence-corrected chi connectivity index (χ3v) is 2.94. The number of carbonyl (C=O) groups is 1. The normalized spacial score (nSPS) is 18.9. The van der Waals surface area contributed by atoms with Gasteiger partial charge < -0.3 is 0 Å². The van der Waals surface area contributed by atoms with Crippen LogP contribution in [-0.2, 0) is 4.79 Å². The van der Waals surface area contributed by atoms with Crippen LogP contribution >= 0.6 is 0 Å². The third-order valence-electron chi connectivity index (χ3n) is 2.94. The van der Waals surface area contributed by atoms with E-state index in [4.69, 9.17) is 0 Å². The Hall–Kier alpha value is -2.83. The molecule has 0 saturated heterocycles. The number of hydrazone groups is 1. The minimum Gasteiger partial charge on any atom is -0.271 e. The molecule has 1 aliphatic rings. The molecule has 20 heavy (non-hydrogen) atoms. The van der Waals surface area contributed by atoms with Crippen molar-refractivity contribution in [1.29, 1.82) is 0 Å². The fourth-order valence-corrected chi connectivity index (χ4v) is 1.90. The molecule has 7 nitrogen and oxygen atoms in total. The van der Waals surface area contributed by atoms with Crippen molar-refractivity contribution in [3.63, 3.8) is 0 Å². The highest BCUT2D eigenvalue weighted by Crippen LogP contribution is 2.22. The van der Waals surface area contributed by atoms with Crippen molar-refractivity contribution >= 4 is 23.5 Å². The van der Waals surface area contributed by atoms with Gasteiger partial charge >= 0.3 is 0 Å². The lowest BCUT2D eigenvalue weighted by Crippen LogP contribution is -2.28. The van der Waals surface area contributed by atoms with E-state index in [2.05, 4.69) is 20.4 Å². The van der Waals surface area contributed by atoms with Crippen LogP contribution in [0.3, 0.4) is 0 Å². The predicted molar refractivity (Wildman–Crippen MR) is 74.4 cm³/mol. The van der Waals surface area contributed by atoms with Gasteiger partial charge in [-0.25, -0.2) is 4.68 Å². The Balaban J connectivity index is 1.82. The number of hydrogen-bond acceptors (Lipinski definition) is 5. The van der Waals surface area contributed by atoms with Gasteiger partial charge in [-0.15, -0.1) is 10.2 Å². The van der Waals surface area contributed by atoms with E-state index in [0.29, 0.717) is 5.71 Å². The second-order valence-corrected chi connectivity index (χ2v) is 4.31. The number of benzene rings is 1. The molecule has 3 rings (SSSR count). The molecule has 1 aliphatic heterocycles. The molecule has 2 aromatic rings. The molecule has 0 bridgehead atoms. The van der Waals surface area contributed by atoms with Crippen LogP contribution in [0.2, 0.25) is 0 Å². The number of rotatable bonds is 3. The standard InChI is InChI=1S/C13H12N6O/c1-10-12(7-16-18-8-14-15-9-18)13(20)19(17-10)11-5-3-2-4-6-11/h2-9,12H,1H3/b16-7-/t12-/m1/s1. The summed E-state index contributed by atoms with van der Waals surface area (Å²) in [7, 11) is 0. The number of amides is 1. The number of anilines is 1. The topological polar surface area (TPSA) is 75.7 Å². The molecule has 0 unspecified atom stereocenters. The van der Waals surface area contributed by atoms with Gasteiger partial charge in [0.05, 0.1) is 11.4 Å². The van der Waals surface area contributed by atoms with E-state index < -0.39 is 5.92 Å². The summed E-state index contributed by atoms with van der Waals surface area (Å²) in [6.45, 7) is 1.81. The second-order valence-electron chi connectivity index (χ2n) is 4.31. The average Bonchev–Trinajstić information content (AvgIpc) is 3.07. The zero-order valence-corrected chi connectivity index (χ0v) is 10.8. The van der Waals surface area contributed by atoms with Crippen molar-refractivity contribution in [3.05, 3.63) is 43.0 Å². The van der Waals surface area contributed by atoms with E-state index in [1.54, 1.807) is 6.21 Å². The maximum atomic E-state index is 12.4. The molecule has 0 N–H and O–H groups in total. The number of hydrogen-bond donors (Lipinski definition) is 0. The van der Waals surface area contributed by atoms with Gasteiger partial charge in [0.15, 0.2) is 0 Å². The summed E-state index contributed by atoms with van der Waals surface area (Å²) in [5, 5.41) is 17.1. The number of aromatic nitrogens is 3. The Morgan fingerprint density at radius 2 is 1.90 bits per heavy atom. The first-order valence-electron chi connectivity index (χ1n) is 6.09. The molecule has 0 spiro atoms. The maximum Gasteiger partial charge on any atom is 0.261 e. The molecule has 100 valence electrons. The summed E-state index contributed by atoms with van der Waals surface area (Å²) in [5.74, 6) is -0.580. The molecule has 0 fully saturated rings. The van der Waals surface area contributed by atoms with Crippen molar-refractivity contribution in [3.8, 4) is 0 Å². The van der Waals surface area contributed by atoms with Crippen molar-refractivity contribution in [1.82, 2.24) is 14.9 Å². The first-order chi connectivity index (χ1) is 9.75. The molecular weight excluding hydrogens is 256 g/mol. The first-order valence-corrected chi connectivity index (χ1v) is 6.09. The van der Waals surface area contributed by atoms with E-state index in [9.17, 15) is 4.79 Å². The molecule has 0 radical (unpaired) electrons. The van der Waals surface area contributed by atoms with E-state index in [0.717, 1.165) is 5.69 Å². The number of para-hydroxylation sites is 1. The van der Waals surface area contributed by atoms with Gasteiger partial charge in [0.1, 0.15) is 18.6 Å². The van der Waals surface area contributed by atoms with E-state index in [1.165, 1.54) is 22.3 Å². The van der Waals surface area contributed by atoms with Crippen LogP contribution in [0.4, 0.5) is 5.69 Å². The summed E-state index contributed by atoms with van der Waals surface area (Å²) < 4.78 is 1.44. The number of nitrogens with zero attached hydrogens (tertiary/aromatic N) is 6. The van der Waals surface area contributed by atoms with Gasteiger partial charge in [0.2, 0.25) is 0 Å². The summed E-state index contributed by atoms with van der Waals surface area (Å²) in [6, 6.07) is 9.31. The SMILES string of the molecule is CC1=NN(c2ccccc2)C(=O)[C@@H]1/C=N\n1cnnc1. The van der Waals surface area contributed by atoms with Crippen molar-refractivity contribution in [2.45, 2.75) is 6.92 Å². The lowest BCUT2D eigenvalue weighted by Gasteiger charge is -2.12.